The van der Waals surface area contributed by atoms with Crippen LogP contribution < -0.4 is 19.5 Å². The van der Waals surface area contributed by atoms with Gasteiger partial charge < -0.3 is 9.47 Å². The molecule has 27 heavy (non-hydrogen) atoms. The van der Waals surface area contributed by atoms with Gasteiger partial charge in [0.05, 0.1) is 25.2 Å². The van der Waals surface area contributed by atoms with Gasteiger partial charge in [-0.05, 0) is 11.5 Å². The lowest BCUT2D eigenvalue weighted by Gasteiger charge is -2.11. The number of sulfonamides is 1. The highest BCUT2D eigenvalue weighted by Gasteiger charge is 2.21. The summed E-state index contributed by atoms with van der Waals surface area (Å²) in [4.78, 5) is 20.0. The number of urea groups is 1. The van der Waals surface area contributed by atoms with Gasteiger partial charge in [0.25, 0.3) is 10.0 Å². The molecule has 0 atom stereocenters. The Kier molecular flexibility index (Phi) is 5.08. The molecule has 0 spiro atoms. The Labute approximate surface area is 155 Å². The van der Waals surface area contributed by atoms with Gasteiger partial charge in [-0.2, -0.15) is 9.97 Å². The molecule has 0 bridgehead atoms. The Morgan fingerprint density at radius 2 is 1.59 bits per heavy atom. The van der Waals surface area contributed by atoms with Crippen molar-refractivity contribution in [2.75, 3.05) is 19.5 Å². The monoisotopic (exact) mass is 388 g/mol. The van der Waals surface area contributed by atoms with E-state index in [1.165, 1.54) is 26.4 Å². The van der Waals surface area contributed by atoms with E-state index in [2.05, 4.69) is 15.3 Å². The van der Waals surface area contributed by atoms with E-state index in [1.807, 2.05) is 4.72 Å². The van der Waals surface area contributed by atoms with E-state index in [0.29, 0.717) is 5.39 Å². The largest absolute Gasteiger partial charge is 0.481 e. The van der Waals surface area contributed by atoms with Gasteiger partial charge in [-0.25, -0.2) is 17.9 Å². The number of nitrogens with one attached hydrogen (secondary N) is 2. The first-order valence-electron chi connectivity index (χ1n) is 7.71. The van der Waals surface area contributed by atoms with Gasteiger partial charge in [0.2, 0.25) is 17.7 Å². The van der Waals surface area contributed by atoms with E-state index in [-0.39, 0.29) is 22.6 Å². The van der Waals surface area contributed by atoms with Crippen LogP contribution in [0.1, 0.15) is 0 Å². The lowest BCUT2D eigenvalue weighted by Crippen LogP contribution is -2.35. The second-order valence-corrected chi connectivity index (χ2v) is 6.96. The summed E-state index contributed by atoms with van der Waals surface area (Å²) in [5.41, 5.74) is 0. The molecule has 9 nitrogen and oxygen atoms in total. The smallest absolute Gasteiger partial charge is 0.335 e. The first kappa shape index (κ1) is 18.4. The summed E-state index contributed by atoms with van der Waals surface area (Å²) in [6, 6.07) is 12.2. The fourth-order valence-corrected chi connectivity index (χ4v) is 3.54. The van der Waals surface area contributed by atoms with Gasteiger partial charge in [-0.15, -0.1) is 0 Å². The van der Waals surface area contributed by atoms with Crippen molar-refractivity contribution in [1.82, 2.24) is 14.7 Å². The van der Waals surface area contributed by atoms with Crippen molar-refractivity contribution in [2.45, 2.75) is 4.90 Å². The number of hydrogen-bond donors (Lipinski definition) is 2. The van der Waals surface area contributed by atoms with Gasteiger partial charge in [-0.1, -0.05) is 36.4 Å². The highest BCUT2D eigenvalue weighted by Crippen LogP contribution is 2.23. The summed E-state index contributed by atoms with van der Waals surface area (Å²) < 4.78 is 37.2. The van der Waals surface area contributed by atoms with Gasteiger partial charge >= 0.3 is 6.03 Å². The first-order valence-corrected chi connectivity index (χ1v) is 9.20. The molecule has 1 heterocycles. The number of rotatable bonds is 5. The van der Waals surface area contributed by atoms with E-state index in [0.717, 1.165) is 5.39 Å². The van der Waals surface area contributed by atoms with Gasteiger partial charge in [0.1, 0.15) is 0 Å². The van der Waals surface area contributed by atoms with E-state index in [1.54, 1.807) is 36.4 Å². The number of anilines is 1. The van der Waals surface area contributed by atoms with Crippen molar-refractivity contribution in [1.29, 1.82) is 0 Å². The average Bonchev–Trinajstić information content (AvgIpc) is 2.66. The summed E-state index contributed by atoms with van der Waals surface area (Å²) in [6.07, 6.45) is 0. The number of carbonyl (C=O) groups is 1. The summed E-state index contributed by atoms with van der Waals surface area (Å²) in [5.74, 6) is 0.125. The van der Waals surface area contributed by atoms with Crippen LogP contribution in [-0.2, 0) is 10.0 Å². The second-order valence-electron chi connectivity index (χ2n) is 5.31. The highest BCUT2D eigenvalue weighted by atomic mass is 32.2. The van der Waals surface area contributed by atoms with Crippen molar-refractivity contribution in [2.24, 2.45) is 0 Å². The molecule has 2 amide bonds. The molecule has 0 aliphatic carbocycles. The maximum atomic E-state index is 12.6. The molecule has 10 heteroatoms. The van der Waals surface area contributed by atoms with E-state index < -0.39 is 16.1 Å². The van der Waals surface area contributed by atoms with Crippen molar-refractivity contribution >= 4 is 32.8 Å². The number of amides is 2. The lowest BCUT2D eigenvalue weighted by molar-refractivity contribution is 0.256. The minimum absolute atomic E-state index is 0.0140. The van der Waals surface area contributed by atoms with Gasteiger partial charge in [0.15, 0.2) is 0 Å². The molecule has 0 radical (unpaired) electrons. The molecule has 0 aliphatic heterocycles. The Bertz CT molecular complexity index is 1070. The molecule has 0 saturated carbocycles. The van der Waals surface area contributed by atoms with E-state index in [9.17, 15) is 13.2 Å². The third-order valence-electron chi connectivity index (χ3n) is 3.59. The normalized spacial score (nSPS) is 11.0. The topological polar surface area (TPSA) is 120 Å². The Balaban J connectivity index is 1.85. The van der Waals surface area contributed by atoms with Crippen molar-refractivity contribution in [3.05, 3.63) is 48.5 Å². The van der Waals surface area contributed by atoms with Gasteiger partial charge in [0, 0.05) is 5.39 Å². The van der Waals surface area contributed by atoms with Crippen LogP contribution in [0.3, 0.4) is 0 Å². The number of aromatic nitrogens is 2. The molecule has 2 N–H and O–H groups in total. The van der Waals surface area contributed by atoms with Crippen LogP contribution in [0.4, 0.5) is 10.7 Å². The molecular weight excluding hydrogens is 372 g/mol. The Hall–Kier alpha value is -3.40. The zero-order valence-corrected chi connectivity index (χ0v) is 15.3. The Morgan fingerprint density at radius 1 is 0.963 bits per heavy atom. The maximum Gasteiger partial charge on any atom is 0.335 e. The van der Waals surface area contributed by atoms with E-state index in [4.69, 9.17) is 9.47 Å². The minimum Gasteiger partial charge on any atom is -0.481 e. The molecule has 2 aromatic carbocycles. The van der Waals surface area contributed by atoms with Crippen molar-refractivity contribution < 1.29 is 22.7 Å². The predicted octanol–water partition coefficient (Wildman–Crippen LogP) is 2.16. The molecule has 0 fully saturated rings. The number of fused-ring (bicyclic) bond motifs is 1. The van der Waals surface area contributed by atoms with Crippen LogP contribution in [0.2, 0.25) is 0 Å². The fraction of sp³-hybridized carbons (Fsp3) is 0.118. The number of benzene rings is 2. The number of ether oxygens (including phenoxy) is 2. The van der Waals surface area contributed by atoms with Crippen LogP contribution >= 0.6 is 0 Å². The Morgan fingerprint density at radius 3 is 2.26 bits per heavy atom. The zero-order chi connectivity index (χ0) is 19.4. The third-order valence-corrected chi connectivity index (χ3v) is 4.98. The molecule has 140 valence electrons. The van der Waals surface area contributed by atoms with Crippen molar-refractivity contribution in [3.63, 3.8) is 0 Å². The van der Waals surface area contributed by atoms with E-state index >= 15 is 0 Å². The van der Waals surface area contributed by atoms with Crippen LogP contribution in [0.5, 0.6) is 11.8 Å². The van der Waals surface area contributed by atoms with Crippen LogP contribution in [0.15, 0.2) is 53.4 Å². The molecule has 0 saturated heterocycles. The number of carbonyl (C=O) groups excluding carboxylic acids is 1. The van der Waals surface area contributed by atoms with Crippen LogP contribution in [-0.4, -0.2) is 38.6 Å². The quantitative estimate of drug-likeness (QED) is 0.687. The molecule has 3 rings (SSSR count). The zero-order valence-electron chi connectivity index (χ0n) is 14.5. The maximum absolute atomic E-state index is 12.6. The summed E-state index contributed by atoms with van der Waals surface area (Å²) in [6.45, 7) is 0. The summed E-state index contributed by atoms with van der Waals surface area (Å²) in [7, 11) is -1.35. The second kappa shape index (κ2) is 7.46. The molecular formula is C17H16N4O5S. The standard InChI is InChI=1S/C17H16N4O5S/c1-25-14-10-15(26-2)19-16(18-14)20-17(22)21-27(23,24)13-9-5-7-11-6-3-4-8-12(11)13/h3-10H,1-2H3,(H2,18,19,20,21,22). The molecule has 3 aromatic rings. The minimum atomic E-state index is -4.12. The molecule has 1 aromatic heterocycles. The van der Waals surface area contributed by atoms with Gasteiger partial charge in [-0.3, -0.25) is 5.32 Å². The SMILES string of the molecule is COc1cc(OC)nc(NC(=O)NS(=O)(=O)c2cccc3ccccc23)n1. The van der Waals surface area contributed by atoms with Crippen LogP contribution in [0.25, 0.3) is 10.8 Å². The summed E-state index contributed by atoms with van der Waals surface area (Å²) >= 11 is 0. The number of methoxy groups -OCH3 is 2. The van der Waals surface area contributed by atoms with Crippen molar-refractivity contribution in [3.8, 4) is 11.8 Å². The van der Waals surface area contributed by atoms with Crippen LogP contribution in [0, 0.1) is 0 Å². The summed E-state index contributed by atoms with van der Waals surface area (Å²) in [5, 5.41) is 3.49. The molecule has 0 unspecified atom stereocenters. The predicted molar refractivity (Wildman–Crippen MR) is 98.4 cm³/mol. The average molecular weight is 388 g/mol. The number of nitrogens with zero attached hydrogens (tertiary/aromatic N) is 2. The first-order chi connectivity index (χ1) is 12.9. The lowest BCUT2D eigenvalue weighted by atomic mass is 10.1. The highest BCUT2D eigenvalue weighted by molar-refractivity contribution is 7.90. The third kappa shape index (κ3) is 4.06. The molecule has 0 aliphatic rings. The number of hydrogen-bond acceptors (Lipinski definition) is 7. The fourth-order valence-electron chi connectivity index (χ4n) is 2.40.